The predicted molar refractivity (Wildman–Crippen MR) is 133 cm³/mol. The summed E-state index contributed by atoms with van der Waals surface area (Å²) in [5.74, 6) is 0.701. The van der Waals surface area contributed by atoms with Crippen molar-refractivity contribution in [2.24, 2.45) is 0 Å². The van der Waals surface area contributed by atoms with Crippen LogP contribution < -0.4 is 10.2 Å². The Labute approximate surface area is 198 Å². The molecule has 32 heavy (non-hydrogen) atoms. The van der Waals surface area contributed by atoms with E-state index in [0.29, 0.717) is 10.2 Å². The molecule has 2 atom stereocenters. The van der Waals surface area contributed by atoms with Gasteiger partial charge in [0.15, 0.2) is 11.0 Å². The number of carbonyl (C=O) groups is 1. The van der Waals surface area contributed by atoms with Gasteiger partial charge in [-0.2, -0.15) is 0 Å². The molecule has 1 N–H and O–H groups in total. The van der Waals surface area contributed by atoms with Crippen molar-refractivity contribution in [3.8, 4) is 5.69 Å². The normalized spacial score (nSPS) is 13.1. The van der Waals surface area contributed by atoms with Crippen LogP contribution in [0.3, 0.4) is 0 Å². The molecule has 0 saturated heterocycles. The number of carbonyl (C=O) groups excluding carboxylic acids is 1. The summed E-state index contributed by atoms with van der Waals surface area (Å²) in [5, 5.41) is 12.8. The highest BCUT2D eigenvalue weighted by Crippen LogP contribution is 2.30. The summed E-state index contributed by atoms with van der Waals surface area (Å²) in [6, 6.07) is 15.3. The molecular weight excluding hydrogens is 444 g/mol. The highest BCUT2D eigenvalue weighted by atomic mass is 35.5. The van der Waals surface area contributed by atoms with Gasteiger partial charge in [-0.05, 0) is 76.5 Å². The molecule has 0 aliphatic heterocycles. The molecule has 0 aliphatic rings. The average Bonchev–Trinajstić information content (AvgIpc) is 3.17. The number of benzene rings is 2. The summed E-state index contributed by atoms with van der Waals surface area (Å²) in [7, 11) is 7.95. The highest BCUT2D eigenvalue weighted by molar-refractivity contribution is 8.00. The van der Waals surface area contributed by atoms with Crippen LogP contribution in [-0.4, -0.2) is 59.0 Å². The number of halogens is 1. The Morgan fingerprint density at radius 3 is 2.19 bits per heavy atom. The maximum Gasteiger partial charge on any atom is 0.237 e. The quantitative estimate of drug-likeness (QED) is 0.478. The van der Waals surface area contributed by atoms with Gasteiger partial charge in [0.1, 0.15) is 0 Å². The molecule has 2 unspecified atom stereocenters. The Morgan fingerprint density at radius 2 is 1.62 bits per heavy atom. The third kappa shape index (κ3) is 5.62. The van der Waals surface area contributed by atoms with Gasteiger partial charge in [-0.3, -0.25) is 14.3 Å². The monoisotopic (exact) mass is 472 g/mol. The molecule has 0 saturated carbocycles. The van der Waals surface area contributed by atoms with E-state index < -0.39 is 0 Å². The lowest BCUT2D eigenvalue weighted by Crippen LogP contribution is -2.23. The molecule has 0 aliphatic carbocycles. The lowest BCUT2D eigenvalue weighted by Gasteiger charge is -2.21. The second-order valence-corrected chi connectivity index (χ2v) is 9.73. The number of amides is 1. The van der Waals surface area contributed by atoms with Crippen molar-refractivity contribution in [3.05, 3.63) is 59.4 Å². The zero-order valence-corrected chi connectivity index (χ0v) is 20.8. The molecule has 1 heterocycles. The number of hydrogen-bond acceptors (Lipinski definition) is 6. The van der Waals surface area contributed by atoms with E-state index in [-0.39, 0.29) is 17.2 Å². The molecule has 1 amide bonds. The fourth-order valence-electron chi connectivity index (χ4n) is 2.99. The molecule has 2 aromatic carbocycles. The van der Waals surface area contributed by atoms with Gasteiger partial charge in [-0.25, -0.2) is 0 Å². The Morgan fingerprint density at radius 1 is 1.00 bits per heavy atom. The SMILES string of the molecule is CC(Sc1nnc(C(C)N(C)C)n1-c1ccc(Cl)cc1)C(=O)Nc1ccc(N(C)C)cc1. The van der Waals surface area contributed by atoms with Crippen molar-refractivity contribution in [1.82, 2.24) is 19.7 Å². The molecule has 3 aromatic rings. The summed E-state index contributed by atoms with van der Waals surface area (Å²) < 4.78 is 1.99. The molecule has 0 radical (unpaired) electrons. The Bertz CT molecular complexity index is 1050. The van der Waals surface area contributed by atoms with Crippen molar-refractivity contribution in [3.63, 3.8) is 0 Å². The van der Waals surface area contributed by atoms with Gasteiger partial charge in [-0.1, -0.05) is 23.4 Å². The van der Waals surface area contributed by atoms with E-state index >= 15 is 0 Å². The van der Waals surface area contributed by atoms with Gasteiger partial charge in [0.05, 0.1) is 11.3 Å². The number of nitrogens with zero attached hydrogens (tertiary/aromatic N) is 5. The van der Waals surface area contributed by atoms with Crippen LogP contribution in [-0.2, 0) is 4.79 Å². The van der Waals surface area contributed by atoms with Gasteiger partial charge in [0.25, 0.3) is 0 Å². The average molecular weight is 473 g/mol. The van der Waals surface area contributed by atoms with E-state index in [2.05, 4.69) is 27.3 Å². The second-order valence-electron chi connectivity index (χ2n) is 7.98. The van der Waals surface area contributed by atoms with Gasteiger partial charge >= 0.3 is 0 Å². The fraction of sp³-hybridized carbons (Fsp3) is 0.348. The predicted octanol–water partition coefficient (Wildman–Crippen LogP) is 4.73. The number of rotatable bonds is 8. The summed E-state index contributed by atoms with van der Waals surface area (Å²) in [5.41, 5.74) is 2.73. The van der Waals surface area contributed by atoms with E-state index in [1.54, 1.807) is 0 Å². The molecule has 3 rings (SSSR count). The Balaban J connectivity index is 1.82. The summed E-state index contributed by atoms with van der Waals surface area (Å²) >= 11 is 7.46. The van der Waals surface area contributed by atoms with Crippen LogP contribution in [0.25, 0.3) is 5.69 Å². The van der Waals surface area contributed by atoms with Crippen molar-refractivity contribution in [1.29, 1.82) is 0 Å². The molecular formula is C23H29ClN6OS. The molecule has 7 nitrogen and oxygen atoms in total. The number of thioether (sulfide) groups is 1. The van der Waals surface area contributed by atoms with Crippen LogP contribution in [0.1, 0.15) is 25.7 Å². The first-order chi connectivity index (χ1) is 15.2. The Hall–Kier alpha value is -2.55. The minimum absolute atomic E-state index is 0.0341. The molecule has 9 heteroatoms. The summed E-state index contributed by atoms with van der Waals surface area (Å²) in [6.45, 7) is 3.93. The first-order valence-corrected chi connectivity index (χ1v) is 11.6. The van der Waals surface area contributed by atoms with Crippen LogP contribution in [0.15, 0.2) is 53.7 Å². The second kappa shape index (κ2) is 10.4. The smallest absolute Gasteiger partial charge is 0.237 e. The van der Waals surface area contributed by atoms with Gasteiger partial charge in [0, 0.05) is 36.2 Å². The Kier molecular flexibility index (Phi) is 7.82. The minimum Gasteiger partial charge on any atom is -0.378 e. The minimum atomic E-state index is -0.374. The van der Waals surface area contributed by atoms with E-state index in [4.69, 9.17) is 11.6 Å². The van der Waals surface area contributed by atoms with Crippen molar-refractivity contribution < 1.29 is 4.79 Å². The van der Waals surface area contributed by atoms with Crippen molar-refractivity contribution in [2.75, 3.05) is 38.4 Å². The molecule has 170 valence electrons. The zero-order valence-electron chi connectivity index (χ0n) is 19.2. The first kappa shape index (κ1) is 24.1. The van der Waals surface area contributed by atoms with E-state index in [0.717, 1.165) is 22.9 Å². The van der Waals surface area contributed by atoms with Crippen molar-refractivity contribution >= 4 is 40.6 Å². The number of nitrogens with one attached hydrogen (secondary N) is 1. The first-order valence-electron chi connectivity index (χ1n) is 10.3. The van der Waals surface area contributed by atoms with Crippen LogP contribution in [0.2, 0.25) is 5.02 Å². The van der Waals surface area contributed by atoms with Gasteiger partial charge < -0.3 is 10.2 Å². The largest absolute Gasteiger partial charge is 0.378 e. The van der Waals surface area contributed by atoms with Crippen LogP contribution in [0.4, 0.5) is 11.4 Å². The standard InChI is InChI=1S/C23H29ClN6OS/c1-15(28(3)4)21-26-27-23(30(21)20-11-7-17(24)8-12-20)32-16(2)22(31)25-18-9-13-19(14-10-18)29(5)6/h7-16H,1-6H3,(H,25,31). The lowest BCUT2D eigenvalue weighted by atomic mass is 10.2. The molecule has 1 aromatic heterocycles. The fourth-order valence-corrected chi connectivity index (χ4v) is 3.99. The maximum absolute atomic E-state index is 12.9. The van der Waals surface area contributed by atoms with E-state index in [1.807, 2.05) is 93.1 Å². The lowest BCUT2D eigenvalue weighted by molar-refractivity contribution is -0.115. The third-order valence-corrected chi connectivity index (χ3v) is 6.49. The molecule has 0 spiro atoms. The topological polar surface area (TPSA) is 66.3 Å². The number of anilines is 2. The van der Waals surface area contributed by atoms with Crippen molar-refractivity contribution in [2.45, 2.75) is 30.3 Å². The third-order valence-electron chi connectivity index (χ3n) is 5.19. The summed E-state index contributed by atoms with van der Waals surface area (Å²) in [4.78, 5) is 16.9. The number of aromatic nitrogens is 3. The van der Waals surface area contributed by atoms with Gasteiger partial charge in [-0.15, -0.1) is 10.2 Å². The number of hydrogen-bond donors (Lipinski definition) is 1. The van der Waals surface area contributed by atoms with E-state index in [1.165, 1.54) is 11.8 Å². The van der Waals surface area contributed by atoms with E-state index in [9.17, 15) is 4.79 Å². The van der Waals surface area contributed by atoms with Crippen LogP contribution in [0.5, 0.6) is 0 Å². The van der Waals surface area contributed by atoms with Crippen LogP contribution in [0, 0.1) is 0 Å². The van der Waals surface area contributed by atoms with Crippen LogP contribution >= 0.6 is 23.4 Å². The highest BCUT2D eigenvalue weighted by Gasteiger charge is 2.24. The maximum atomic E-state index is 12.9. The van der Waals surface area contributed by atoms with Gasteiger partial charge in [0.2, 0.25) is 5.91 Å². The summed E-state index contributed by atoms with van der Waals surface area (Å²) in [6.07, 6.45) is 0. The molecule has 0 bridgehead atoms. The molecule has 0 fully saturated rings. The zero-order chi connectivity index (χ0) is 23.4.